The first-order valence-corrected chi connectivity index (χ1v) is 11.7. The number of pyridine rings is 1. The molecule has 1 saturated heterocycles. The minimum Gasteiger partial charge on any atom is -0.369 e. The van der Waals surface area contributed by atoms with Gasteiger partial charge in [-0.15, -0.1) is 0 Å². The third kappa shape index (κ3) is 4.24. The number of carbonyl (C=O) groups is 3. The minimum atomic E-state index is -3.95. The lowest BCUT2D eigenvalue weighted by Gasteiger charge is -2.34. The highest BCUT2D eigenvalue weighted by molar-refractivity contribution is 7.89. The van der Waals surface area contributed by atoms with Gasteiger partial charge < -0.3 is 11.1 Å². The van der Waals surface area contributed by atoms with Crippen molar-refractivity contribution in [1.82, 2.24) is 14.6 Å². The summed E-state index contributed by atoms with van der Waals surface area (Å²) in [5, 5.41) is 2.58. The number of nitrogens with zero attached hydrogens (tertiary/aromatic N) is 2. The van der Waals surface area contributed by atoms with Gasteiger partial charge >= 0.3 is 0 Å². The number of rotatable bonds is 5. The van der Waals surface area contributed by atoms with Gasteiger partial charge in [-0.05, 0) is 44.7 Å². The maximum absolute atomic E-state index is 13.0. The van der Waals surface area contributed by atoms with Crippen LogP contribution in [0.25, 0.3) is 0 Å². The predicted molar refractivity (Wildman–Crippen MR) is 108 cm³/mol. The Bertz CT molecular complexity index is 912. The lowest BCUT2D eigenvalue weighted by Crippen LogP contribution is -2.55. The van der Waals surface area contributed by atoms with E-state index in [4.69, 9.17) is 5.73 Å². The Hall–Kier alpha value is -2.33. The molecule has 9 nitrogen and oxygen atoms in total. The van der Waals surface area contributed by atoms with Gasteiger partial charge in [0.25, 0.3) is 10.0 Å². The van der Waals surface area contributed by atoms with Crippen molar-refractivity contribution in [3.05, 3.63) is 24.4 Å². The number of Topliss-reactive ketones (excluding diaryl/α,β-unsaturated/α-hetero) is 1. The van der Waals surface area contributed by atoms with Crippen LogP contribution < -0.4 is 11.1 Å². The van der Waals surface area contributed by atoms with Gasteiger partial charge in [0.05, 0.1) is 12.6 Å². The van der Waals surface area contributed by atoms with Crippen molar-refractivity contribution in [2.75, 3.05) is 6.54 Å². The van der Waals surface area contributed by atoms with Crippen molar-refractivity contribution in [2.45, 2.75) is 69.0 Å². The van der Waals surface area contributed by atoms with E-state index in [2.05, 4.69) is 10.3 Å². The van der Waals surface area contributed by atoms with Crippen molar-refractivity contribution >= 4 is 27.6 Å². The summed E-state index contributed by atoms with van der Waals surface area (Å²) < 4.78 is 27.1. The van der Waals surface area contributed by atoms with Gasteiger partial charge in [0.15, 0.2) is 10.8 Å². The van der Waals surface area contributed by atoms with Gasteiger partial charge in [-0.3, -0.25) is 14.4 Å². The smallest absolute Gasteiger partial charge is 0.261 e. The first kappa shape index (κ1) is 22.4. The summed E-state index contributed by atoms with van der Waals surface area (Å²) in [4.78, 5) is 41.8. The third-order valence-electron chi connectivity index (χ3n) is 6.19. The molecule has 1 aliphatic heterocycles. The second-order valence-corrected chi connectivity index (χ2v) is 9.98. The fourth-order valence-electron chi connectivity index (χ4n) is 4.26. The van der Waals surface area contributed by atoms with E-state index in [-0.39, 0.29) is 18.0 Å². The zero-order valence-electron chi connectivity index (χ0n) is 17.0. The Kier molecular flexibility index (Phi) is 6.56. The molecule has 2 heterocycles. The highest BCUT2D eigenvalue weighted by atomic mass is 32.2. The van der Waals surface area contributed by atoms with Gasteiger partial charge in [0.2, 0.25) is 11.8 Å². The molecule has 10 heteroatoms. The van der Waals surface area contributed by atoms with E-state index < -0.39 is 45.1 Å². The maximum atomic E-state index is 13.0. The van der Waals surface area contributed by atoms with E-state index >= 15 is 0 Å². The Morgan fingerprint density at radius 2 is 1.90 bits per heavy atom. The lowest BCUT2D eigenvalue weighted by atomic mass is 9.72. The van der Waals surface area contributed by atoms with Crippen LogP contribution >= 0.6 is 0 Å². The molecule has 0 radical (unpaired) electrons. The van der Waals surface area contributed by atoms with Crippen molar-refractivity contribution < 1.29 is 22.8 Å². The summed E-state index contributed by atoms with van der Waals surface area (Å²) in [6.07, 6.45) is 5.17. The maximum Gasteiger partial charge on any atom is 0.261 e. The molecular weight excluding hydrogens is 408 g/mol. The van der Waals surface area contributed by atoms with Crippen molar-refractivity contribution in [3.8, 4) is 0 Å². The van der Waals surface area contributed by atoms with Crippen molar-refractivity contribution in [2.24, 2.45) is 11.1 Å². The number of ketones is 1. The number of nitrogens with one attached hydrogen (secondary N) is 1. The summed E-state index contributed by atoms with van der Waals surface area (Å²) in [6, 6.07) is 3.27. The molecule has 2 fully saturated rings. The molecule has 1 aliphatic carbocycles. The van der Waals surface area contributed by atoms with Crippen LogP contribution in [0.4, 0.5) is 0 Å². The summed E-state index contributed by atoms with van der Waals surface area (Å²) >= 11 is 0. The van der Waals surface area contributed by atoms with Crippen LogP contribution in [0.2, 0.25) is 0 Å². The van der Waals surface area contributed by atoms with Crippen LogP contribution in [0.15, 0.2) is 29.4 Å². The van der Waals surface area contributed by atoms with Crippen LogP contribution in [0.5, 0.6) is 0 Å². The number of primary amides is 1. The molecule has 0 aromatic carbocycles. The molecule has 2 atom stereocenters. The van der Waals surface area contributed by atoms with Crippen LogP contribution in [0.1, 0.15) is 51.9 Å². The summed E-state index contributed by atoms with van der Waals surface area (Å²) in [7, 11) is -3.95. The Morgan fingerprint density at radius 3 is 2.50 bits per heavy atom. The Morgan fingerprint density at radius 1 is 1.20 bits per heavy atom. The molecule has 164 valence electrons. The van der Waals surface area contributed by atoms with E-state index in [0.29, 0.717) is 19.3 Å². The molecule has 0 unspecified atom stereocenters. The Balaban J connectivity index is 1.78. The van der Waals surface area contributed by atoms with E-state index in [1.807, 2.05) is 0 Å². The monoisotopic (exact) mass is 436 g/mol. The molecule has 0 bridgehead atoms. The fourth-order valence-corrected chi connectivity index (χ4v) is 5.83. The first-order chi connectivity index (χ1) is 14.2. The topological polar surface area (TPSA) is 140 Å². The summed E-state index contributed by atoms with van der Waals surface area (Å²) in [5.74, 6) is -1.61. The van der Waals surface area contributed by atoms with Gasteiger partial charge in [-0.1, -0.05) is 25.3 Å². The number of hydrogen-bond acceptors (Lipinski definition) is 6. The number of sulfonamides is 1. The van der Waals surface area contributed by atoms with Crippen molar-refractivity contribution in [3.63, 3.8) is 0 Å². The molecule has 30 heavy (non-hydrogen) atoms. The number of hydrogen-bond donors (Lipinski definition) is 2. The quantitative estimate of drug-likeness (QED) is 0.653. The predicted octanol–water partition coefficient (Wildman–Crippen LogP) is 0.744. The largest absolute Gasteiger partial charge is 0.369 e. The van der Waals surface area contributed by atoms with Gasteiger partial charge in [0.1, 0.15) is 5.41 Å². The highest BCUT2D eigenvalue weighted by Crippen LogP contribution is 2.36. The molecular formula is C20H28N4O5S. The standard InChI is InChI=1S/C20H28N4O5S/c1-14-8-9-15(23-19(27)20(18(21)26)10-4-2-5-11-20)16(25)13-24(14)30(28,29)17-7-3-6-12-22-17/h3,6-7,12,14-15H,2,4-5,8-11,13H2,1H3,(H2,21,26)(H,23,27)/t14-,15+/m1/s1. The second-order valence-electron chi connectivity index (χ2n) is 8.14. The van der Waals surface area contributed by atoms with Gasteiger partial charge in [-0.2, -0.15) is 4.31 Å². The lowest BCUT2D eigenvalue weighted by molar-refractivity contribution is -0.145. The van der Waals surface area contributed by atoms with E-state index in [0.717, 1.165) is 23.6 Å². The van der Waals surface area contributed by atoms with E-state index in [1.54, 1.807) is 19.1 Å². The number of aromatic nitrogens is 1. The summed E-state index contributed by atoms with van der Waals surface area (Å²) in [6.45, 7) is 1.36. The second kappa shape index (κ2) is 8.81. The number of amides is 2. The SMILES string of the molecule is C[C@@H]1CC[C@H](NC(=O)C2(C(N)=O)CCCCC2)C(=O)CN1S(=O)(=O)c1ccccn1. The molecule has 2 aliphatic rings. The summed E-state index contributed by atoms with van der Waals surface area (Å²) in [5.41, 5.74) is 4.26. The molecule has 2 amide bonds. The fraction of sp³-hybridized carbons (Fsp3) is 0.600. The van der Waals surface area contributed by atoms with Crippen LogP contribution in [-0.2, 0) is 24.4 Å². The average molecular weight is 437 g/mol. The third-order valence-corrected chi connectivity index (χ3v) is 8.07. The molecule has 1 aromatic rings. The first-order valence-electron chi connectivity index (χ1n) is 10.2. The average Bonchev–Trinajstić information content (AvgIpc) is 2.88. The molecule has 3 rings (SSSR count). The van der Waals surface area contributed by atoms with Crippen LogP contribution in [0.3, 0.4) is 0 Å². The number of nitrogens with two attached hydrogens (primary N) is 1. The van der Waals surface area contributed by atoms with E-state index in [9.17, 15) is 22.8 Å². The minimum absolute atomic E-state index is 0.123. The molecule has 1 saturated carbocycles. The molecule has 0 spiro atoms. The zero-order valence-corrected chi connectivity index (χ0v) is 17.9. The van der Waals surface area contributed by atoms with E-state index in [1.165, 1.54) is 12.3 Å². The van der Waals surface area contributed by atoms with Gasteiger partial charge in [-0.25, -0.2) is 13.4 Å². The normalized spacial score (nSPS) is 25.3. The van der Waals surface area contributed by atoms with Gasteiger partial charge in [0, 0.05) is 12.2 Å². The molecule has 3 N–H and O–H groups in total. The van der Waals surface area contributed by atoms with Crippen LogP contribution in [0, 0.1) is 5.41 Å². The zero-order chi connectivity index (χ0) is 21.9. The molecule has 1 aromatic heterocycles. The van der Waals surface area contributed by atoms with Crippen LogP contribution in [-0.4, -0.2) is 53.9 Å². The highest BCUT2D eigenvalue weighted by Gasteiger charge is 2.46. The number of carbonyl (C=O) groups excluding carboxylic acids is 3. The van der Waals surface area contributed by atoms with Crippen molar-refractivity contribution in [1.29, 1.82) is 0 Å². The Labute approximate surface area is 176 Å².